The molecular weight excluding hydrogens is 405 g/mol. The standard InChI is InChI=1S/C22H19BrFN3/c1-14-7-6-12-27-21(15(2)25-22(14)27)20(16-8-4-3-5-9-16)26-19-11-10-17(23)13-18(19)24/h3-13,20,26H,1-2H3/t20-/m1/s1. The van der Waals surface area contributed by atoms with Crippen LogP contribution in [-0.2, 0) is 0 Å². The molecule has 0 bridgehead atoms. The minimum Gasteiger partial charge on any atom is -0.370 e. The number of halogens is 2. The number of aryl methyl sites for hydroxylation is 2. The molecule has 0 unspecified atom stereocenters. The molecule has 0 saturated carbocycles. The van der Waals surface area contributed by atoms with Crippen LogP contribution in [0.1, 0.15) is 28.6 Å². The van der Waals surface area contributed by atoms with Crippen molar-refractivity contribution in [1.82, 2.24) is 9.38 Å². The number of hydrogen-bond acceptors (Lipinski definition) is 2. The van der Waals surface area contributed by atoms with Crippen LogP contribution in [0, 0.1) is 19.7 Å². The number of fused-ring (bicyclic) bond motifs is 1. The van der Waals surface area contributed by atoms with Crippen molar-refractivity contribution in [3.05, 3.63) is 99.7 Å². The van der Waals surface area contributed by atoms with E-state index in [1.165, 1.54) is 6.07 Å². The van der Waals surface area contributed by atoms with Gasteiger partial charge in [0.1, 0.15) is 11.5 Å². The van der Waals surface area contributed by atoms with Gasteiger partial charge in [-0.25, -0.2) is 9.37 Å². The Balaban J connectivity index is 1.89. The first-order valence-corrected chi connectivity index (χ1v) is 9.54. The number of hydrogen-bond donors (Lipinski definition) is 1. The lowest BCUT2D eigenvalue weighted by molar-refractivity contribution is 0.627. The average molecular weight is 424 g/mol. The van der Waals surface area contributed by atoms with Gasteiger partial charge in [0, 0.05) is 10.7 Å². The van der Waals surface area contributed by atoms with Gasteiger partial charge in [-0.2, -0.15) is 0 Å². The van der Waals surface area contributed by atoms with Gasteiger partial charge in [-0.05, 0) is 49.2 Å². The molecule has 4 aromatic rings. The Morgan fingerprint density at radius 3 is 2.56 bits per heavy atom. The van der Waals surface area contributed by atoms with Crippen molar-refractivity contribution in [3.8, 4) is 0 Å². The van der Waals surface area contributed by atoms with Gasteiger partial charge in [-0.15, -0.1) is 0 Å². The monoisotopic (exact) mass is 423 g/mol. The zero-order valence-electron chi connectivity index (χ0n) is 15.1. The molecule has 1 atom stereocenters. The van der Waals surface area contributed by atoms with Crippen molar-refractivity contribution in [3.63, 3.8) is 0 Å². The molecule has 1 N–H and O–H groups in total. The van der Waals surface area contributed by atoms with Crippen LogP contribution >= 0.6 is 15.9 Å². The molecule has 0 radical (unpaired) electrons. The van der Waals surface area contributed by atoms with E-state index < -0.39 is 0 Å². The first-order chi connectivity index (χ1) is 13.0. The van der Waals surface area contributed by atoms with Gasteiger partial charge in [0.25, 0.3) is 0 Å². The van der Waals surface area contributed by atoms with Gasteiger partial charge in [0.15, 0.2) is 0 Å². The normalized spacial score (nSPS) is 12.3. The van der Waals surface area contributed by atoms with E-state index in [-0.39, 0.29) is 11.9 Å². The molecule has 5 heteroatoms. The number of anilines is 1. The zero-order chi connectivity index (χ0) is 19.0. The van der Waals surface area contributed by atoms with Gasteiger partial charge in [0.2, 0.25) is 0 Å². The molecule has 0 fully saturated rings. The lowest BCUT2D eigenvalue weighted by atomic mass is 10.0. The van der Waals surface area contributed by atoms with Crippen molar-refractivity contribution in [2.75, 3.05) is 5.32 Å². The summed E-state index contributed by atoms with van der Waals surface area (Å²) in [7, 11) is 0. The fourth-order valence-electron chi connectivity index (χ4n) is 3.40. The SMILES string of the molecule is Cc1nc2c(C)cccn2c1[C@H](Nc1ccc(Br)cc1F)c1ccccc1. The molecular formula is C22H19BrFN3. The van der Waals surface area contributed by atoms with Gasteiger partial charge < -0.3 is 9.72 Å². The van der Waals surface area contributed by atoms with E-state index in [4.69, 9.17) is 4.98 Å². The molecule has 136 valence electrons. The summed E-state index contributed by atoms with van der Waals surface area (Å²) in [4.78, 5) is 4.76. The van der Waals surface area contributed by atoms with E-state index in [1.807, 2.05) is 68.6 Å². The summed E-state index contributed by atoms with van der Waals surface area (Å²) in [5, 5.41) is 3.39. The maximum atomic E-state index is 14.5. The Labute approximate surface area is 166 Å². The highest BCUT2D eigenvalue weighted by Crippen LogP contribution is 2.32. The maximum absolute atomic E-state index is 14.5. The smallest absolute Gasteiger partial charge is 0.147 e. The summed E-state index contributed by atoms with van der Waals surface area (Å²) in [5.74, 6) is -0.298. The quantitative estimate of drug-likeness (QED) is 0.432. The zero-order valence-corrected chi connectivity index (χ0v) is 16.7. The Morgan fingerprint density at radius 2 is 1.81 bits per heavy atom. The third kappa shape index (κ3) is 3.35. The van der Waals surface area contributed by atoms with Gasteiger partial charge in [-0.1, -0.05) is 52.3 Å². The Kier molecular flexibility index (Phi) is 4.70. The summed E-state index contributed by atoms with van der Waals surface area (Å²) in [5.41, 5.74) is 5.45. The van der Waals surface area contributed by atoms with E-state index in [0.717, 1.165) is 28.2 Å². The second-order valence-electron chi connectivity index (χ2n) is 6.58. The number of imidazole rings is 1. The molecule has 0 amide bonds. The van der Waals surface area contributed by atoms with Gasteiger partial charge >= 0.3 is 0 Å². The number of nitrogens with one attached hydrogen (secondary N) is 1. The summed E-state index contributed by atoms with van der Waals surface area (Å²) in [6.07, 6.45) is 2.01. The minimum absolute atomic E-state index is 0.237. The second-order valence-corrected chi connectivity index (χ2v) is 7.50. The molecule has 27 heavy (non-hydrogen) atoms. The second kappa shape index (κ2) is 7.16. The highest BCUT2D eigenvalue weighted by atomic mass is 79.9. The van der Waals surface area contributed by atoms with E-state index in [1.54, 1.807) is 6.07 Å². The topological polar surface area (TPSA) is 29.3 Å². The Morgan fingerprint density at radius 1 is 1.04 bits per heavy atom. The molecule has 0 saturated heterocycles. The molecule has 0 aliphatic heterocycles. The summed E-state index contributed by atoms with van der Waals surface area (Å²) >= 11 is 3.32. The number of pyridine rings is 1. The van der Waals surface area contributed by atoms with Crippen LogP contribution in [-0.4, -0.2) is 9.38 Å². The number of benzene rings is 2. The average Bonchev–Trinajstić information content (AvgIpc) is 2.99. The van der Waals surface area contributed by atoms with Crippen LogP contribution in [0.15, 0.2) is 71.3 Å². The molecule has 2 aromatic heterocycles. The summed E-state index contributed by atoms with van der Waals surface area (Å²) in [6, 6.07) is 18.9. The van der Waals surface area contributed by atoms with E-state index in [0.29, 0.717) is 10.2 Å². The third-order valence-electron chi connectivity index (χ3n) is 4.70. The third-order valence-corrected chi connectivity index (χ3v) is 5.20. The minimum atomic E-state index is -0.298. The van der Waals surface area contributed by atoms with Crippen molar-refractivity contribution in [1.29, 1.82) is 0 Å². The largest absolute Gasteiger partial charge is 0.370 e. The molecule has 0 aliphatic rings. The fourth-order valence-corrected chi connectivity index (χ4v) is 3.73. The van der Waals surface area contributed by atoms with Crippen LogP contribution in [0.4, 0.5) is 10.1 Å². The van der Waals surface area contributed by atoms with Gasteiger partial charge in [-0.3, -0.25) is 0 Å². The highest BCUT2D eigenvalue weighted by molar-refractivity contribution is 9.10. The Hall–Kier alpha value is -2.66. The highest BCUT2D eigenvalue weighted by Gasteiger charge is 2.23. The lowest BCUT2D eigenvalue weighted by Gasteiger charge is -2.22. The summed E-state index contributed by atoms with van der Waals surface area (Å²) in [6.45, 7) is 4.04. The lowest BCUT2D eigenvalue weighted by Crippen LogP contribution is -2.16. The number of rotatable bonds is 4. The van der Waals surface area contributed by atoms with Crippen LogP contribution in [0.3, 0.4) is 0 Å². The van der Waals surface area contributed by atoms with Crippen molar-refractivity contribution >= 4 is 27.3 Å². The number of nitrogens with zero attached hydrogens (tertiary/aromatic N) is 2. The van der Waals surface area contributed by atoms with Crippen LogP contribution in [0.5, 0.6) is 0 Å². The maximum Gasteiger partial charge on any atom is 0.147 e. The van der Waals surface area contributed by atoms with Gasteiger partial charge in [0.05, 0.1) is 23.1 Å². The first kappa shape index (κ1) is 17.7. The molecule has 2 heterocycles. The van der Waals surface area contributed by atoms with E-state index in [2.05, 4.69) is 25.6 Å². The van der Waals surface area contributed by atoms with E-state index >= 15 is 0 Å². The first-order valence-electron chi connectivity index (χ1n) is 8.75. The van der Waals surface area contributed by atoms with E-state index in [9.17, 15) is 4.39 Å². The number of aromatic nitrogens is 2. The molecule has 3 nitrogen and oxygen atoms in total. The molecule has 4 rings (SSSR count). The fraction of sp³-hybridized carbons (Fsp3) is 0.136. The molecule has 0 spiro atoms. The van der Waals surface area contributed by atoms with Crippen molar-refractivity contribution in [2.45, 2.75) is 19.9 Å². The van der Waals surface area contributed by atoms with Crippen LogP contribution in [0.25, 0.3) is 5.65 Å². The summed E-state index contributed by atoms with van der Waals surface area (Å²) < 4.78 is 17.3. The van der Waals surface area contributed by atoms with Crippen molar-refractivity contribution < 1.29 is 4.39 Å². The predicted octanol–water partition coefficient (Wildman–Crippen LogP) is 6.05. The van der Waals surface area contributed by atoms with Crippen LogP contribution < -0.4 is 5.32 Å². The predicted molar refractivity (Wildman–Crippen MR) is 111 cm³/mol. The van der Waals surface area contributed by atoms with Crippen molar-refractivity contribution in [2.24, 2.45) is 0 Å². The molecule has 2 aromatic carbocycles. The molecule has 0 aliphatic carbocycles. The van der Waals surface area contributed by atoms with Crippen LogP contribution in [0.2, 0.25) is 0 Å². The Bertz CT molecular complexity index is 1110.